The molecule has 1 N–H and O–H groups in total. The average molecular weight is 159 g/mol. The first-order chi connectivity index (χ1) is 3.56. The maximum Gasteiger partial charge on any atom is 0.410 e. The second-order valence-electron chi connectivity index (χ2n) is 0.645. The van der Waals surface area contributed by atoms with Gasteiger partial charge in [0.15, 0.2) is 0 Å². The lowest BCUT2D eigenvalue weighted by atomic mass is 13.7. The minimum Gasteiger partial charge on any atom is -0.263 e. The molecule has 0 saturated heterocycles. The fourth-order valence-corrected chi connectivity index (χ4v) is 0.458. The van der Waals surface area contributed by atoms with Crippen molar-refractivity contribution >= 4 is 22.6 Å². The van der Waals surface area contributed by atoms with Crippen molar-refractivity contribution < 1.29 is 16.6 Å². The summed E-state index contributed by atoms with van der Waals surface area (Å²) < 4.78 is 32.0. The molecule has 0 fully saturated rings. The highest BCUT2D eigenvalue weighted by atomic mass is 32.3. The van der Waals surface area contributed by atoms with E-state index in [-0.39, 0.29) is 12.2 Å². The van der Waals surface area contributed by atoms with Crippen LogP contribution in [0.1, 0.15) is 0 Å². The summed E-state index contributed by atoms with van der Waals surface area (Å²) in [4.78, 5) is 9.06. The molecule has 8 heteroatoms. The van der Waals surface area contributed by atoms with Gasteiger partial charge in [0.25, 0.3) is 0 Å². The van der Waals surface area contributed by atoms with Crippen LogP contribution in [0, 0.1) is 4.91 Å². The van der Waals surface area contributed by atoms with Crippen LogP contribution in [-0.4, -0.2) is 13.0 Å². The maximum atomic E-state index is 9.50. The molecule has 0 aliphatic carbocycles. The van der Waals surface area contributed by atoms with E-state index in [1.807, 2.05) is 4.58 Å². The highest BCUT2D eigenvalue weighted by Crippen LogP contribution is 2.05. The SMILES string of the molecule is O=NSOS(=O)(=O)O. The Bertz CT molecular complexity index is 155. The Morgan fingerprint density at radius 3 is 2.25 bits per heavy atom. The van der Waals surface area contributed by atoms with Gasteiger partial charge in [-0.2, -0.15) is 8.42 Å². The van der Waals surface area contributed by atoms with Crippen molar-refractivity contribution in [1.82, 2.24) is 0 Å². The van der Waals surface area contributed by atoms with Crippen LogP contribution in [0.25, 0.3) is 0 Å². The Morgan fingerprint density at radius 2 is 2.12 bits per heavy atom. The summed E-state index contributed by atoms with van der Waals surface area (Å²) >= 11 is -0.253. The maximum absolute atomic E-state index is 9.50. The lowest BCUT2D eigenvalue weighted by Gasteiger charge is -1.84. The number of nitroso groups, excluding NO2 is 1. The summed E-state index contributed by atoms with van der Waals surface area (Å²) in [6.07, 6.45) is 0. The third-order valence-corrected chi connectivity index (χ3v) is 1.14. The van der Waals surface area contributed by atoms with Gasteiger partial charge >= 0.3 is 10.4 Å². The van der Waals surface area contributed by atoms with Gasteiger partial charge in [0.2, 0.25) is 12.2 Å². The van der Waals surface area contributed by atoms with Gasteiger partial charge in [-0.1, -0.05) is 0 Å². The topological polar surface area (TPSA) is 93.0 Å². The van der Waals surface area contributed by atoms with Crippen LogP contribution in [0.15, 0.2) is 4.58 Å². The van der Waals surface area contributed by atoms with Gasteiger partial charge in [0, 0.05) is 4.58 Å². The fraction of sp³-hybridized carbons (Fsp3) is 0. The zero-order chi connectivity index (χ0) is 6.62. The Hall–Kier alpha value is -0.180. The molecule has 0 saturated carbocycles. The molecule has 0 amide bonds. The zero-order valence-electron chi connectivity index (χ0n) is 3.34. The van der Waals surface area contributed by atoms with Crippen molar-refractivity contribution in [1.29, 1.82) is 0 Å². The van der Waals surface area contributed by atoms with E-state index in [1.54, 1.807) is 0 Å². The Labute approximate surface area is 49.5 Å². The van der Waals surface area contributed by atoms with Gasteiger partial charge in [0.05, 0.1) is 0 Å². The van der Waals surface area contributed by atoms with E-state index >= 15 is 0 Å². The largest absolute Gasteiger partial charge is 0.410 e. The van der Waals surface area contributed by atoms with Crippen LogP contribution < -0.4 is 0 Å². The quantitative estimate of drug-likeness (QED) is 0.272. The predicted molar refractivity (Wildman–Crippen MR) is 26.0 cm³/mol. The molecular weight excluding hydrogens is 158 g/mol. The standard InChI is InChI=1S/HNO5S2/c2-1-7-6-8(3,4)5/h(H,3,4,5). The molecule has 48 valence electrons. The number of rotatable bonds is 3. The van der Waals surface area contributed by atoms with Crippen LogP contribution in [0.2, 0.25) is 0 Å². The molecular formula is HNO5S2. The van der Waals surface area contributed by atoms with Gasteiger partial charge in [-0.25, -0.2) is 0 Å². The highest BCUT2D eigenvalue weighted by molar-refractivity contribution is 8.01. The van der Waals surface area contributed by atoms with Gasteiger partial charge in [-0.15, -0.1) is 8.54 Å². The second kappa shape index (κ2) is 2.97. The molecule has 0 atom stereocenters. The smallest absolute Gasteiger partial charge is 0.263 e. The number of nitrogens with zero attached hydrogens (tertiary/aromatic N) is 1. The molecule has 0 rings (SSSR count). The van der Waals surface area contributed by atoms with Crippen LogP contribution in [0.3, 0.4) is 0 Å². The van der Waals surface area contributed by atoms with Crippen molar-refractivity contribution in [2.75, 3.05) is 0 Å². The van der Waals surface area contributed by atoms with Crippen molar-refractivity contribution in [2.45, 2.75) is 0 Å². The molecule has 0 heterocycles. The monoisotopic (exact) mass is 159 g/mol. The normalized spacial score (nSPS) is 11.1. The zero-order valence-corrected chi connectivity index (χ0v) is 4.98. The molecule has 0 aromatic heterocycles. The second-order valence-corrected chi connectivity index (χ2v) is 2.34. The van der Waals surface area contributed by atoms with Crippen molar-refractivity contribution in [3.8, 4) is 0 Å². The van der Waals surface area contributed by atoms with Gasteiger partial charge in [-0.05, 0) is 0 Å². The van der Waals surface area contributed by atoms with E-state index in [2.05, 4.69) is 3.63 Å². The Kier molecular flexibility index (Phi) is 2.90. The van der Waals surface area contributed by atoms with Crippen LogP contribution in [-0.2, 0) is 14.0 Å². The van der Waals surface area contributed by atoms with Gasteiger partial charge < -0.3 is 0 Å². The molecule has 0 radical (unpaired) electrons. The van der Waals surface area contributed by atoms with Crippen LogP contribution in [0.4, 0.5) is 0 Å². The number of hydrogen-bond donors (Lipinski definition) is 1. The van der Waals surface area contributed by atoms with Gasteiger partial charge in [-0.3, -0.25) is 4.55 Å². The Morgan fingerprint density at radius 1 is 1.62 bits per heavy atom. The molecule has 0 bridgehead atoms. The van der Waals surface area contributed by atoms with E-state index in [0.717, 1.165) is 0 Å². The highest BCUT2D eigenvalue weighted by Gasteiger charge is 2.03. The first kappa shape index (κ1) is 7.82. The molecule has 6 nitrogen and oxygen atoms in total. The predicted octanol–water partition coefficient (Wildman–Crippen LogP) is 0.135. The molecule has 0 aromatic carbocycles. The van der Waals surface area contributed by atoms with Crippen molar-refractivity contribution in [3.05, 3.63) is 4.91 Å². The third kappa shape index (κ3) is 5.82. The molecule has 0 unspecified atom stereocenters. The van der Waals surface area contributed by atoms with E-state index in [1.165, 1.54) is 0 Å². The molecule has 8 heavy (non-hydrogen) atoms. The minimum atomic E-state index is -4.52. The third-order valence-electron chi connectivity index (χ3n) is 0.147. The first-order valence-electron chi connectivity index (χ1n) is 1.21. The van der Waals surface area contributed by atoms with E-state index in [4.69, 9.17) is 9.46 Å². The summed E-state index contributed by atoms with van der Waals surface area (Å²) in [6, 6.07) is 0. The first-order valence-corrected chi connectivity index (χ1v) is 3.28. The number of hydrogen-bond acceptors (Lipinski definition) is 6. The molecule has 0 spiro atoms. The summed E-state index contributed by atoms with van der Waals surface area (Å²) in [7, 11) is -4.52. The van der Waals surface area contributed by atoms with E-state index < -0.39 is 10.4 Å². The minimum absolute atomic E-state index is 0.253. The Balaban J connectivity index is 3.57. The van der Waals surface area contributed by atoms with Crippen LogP contribution >= 0.6 is 12.2 Å². The van der Waals surface area contributed by atoms with Crippen LogP contribution in [0.5, 0.6) is 0 Å². The summed E-state index contributed by atoms with van der Waals surface area (Å²) in [6.45, 7) is 0. The summed E-state index contributed by atoms with van der Waals surface area (Å²) in [5, 5.41) is 0. The molecule has 0 aliphatic heterocycles. The van der Waals surface area contributed by atoms with E-state index in [0.29, 0.717) is 0 Å². The van der Waals surface area contributed by atoms with Gasteiger partial charge in [0.1, 0.15) is 0 Å². The average Bonchev–Trinajstić information content (AvgIpc) is 1.59. The summed E-state index contributed by atoms with van der Waals surface area (Å²) in [5.41, 5.74) is 0. The lowest BCUT2D eigenvalue weighted by molar-refractivity contribution is 0.408. The fourth-order valence-electron chi connectivity index (χ4n) is 0.0509. The van der Waals surface area contributed by atoms with Crippen molar-refractivity contribution in [2.24, 2.45) is 4.58 Å². The van der Waals surface area contributed by atoms with E-state index in [9.17, 15) is 8.42 Å². The summed E-state index contributed by atoms with van der Waals surface area (Å²) in [5.74, 6) is 0. The lowest BCUT2D eigenvalue weighted by Crippen LogP contribution is -1.94. The molecule has 0 aliphatic rings. The van der Waals surface area contributed by atoms with Crippen molar-refractivity contribution in [3.63, 3.8) is 0 Å². The molecule has 0 aromatic rings.